The maximum Gasteiger partial charge on any atom is 0.409 e. The van der Waals surface area contributed by atoms with Crippen LogP contribution >= 0.6 is 0 Å². The quantitative estimate of drug-likeness (QED) is 0.343. The minimum absolute atomic E-state index is 0.0391. The zero-order valence-electron chi connectivity index (χ0n) is 18.1. The van der Waals surface area contributed by atoms with Gasteiger partial charge in [0.1, 0.15) is 6.54 Å². The predicted molar refractivity (Wildman–Crippen MR) is 111 cm³/mol. The van der Waals surface area contributed by atoms with E-state index in [1.165, 1.54) is 4.90 Å². The highest BCUT2D eigenvalue weighted by Crippen LogP contribution is 2.05. The van der Waals surface area contributed by atoms with Crippen LogP contribution in [0.4, 0.5) is 4.79 Å². The van der Waals surface area contributed by atoms with Crippen molar-refractivity contribution in [3.63, 3.8) is 0 Å². The van der Waals surface area contributed by atoms with E-state index in [-0.39, 0.29) is 18.5 Å². The molecule has 10 heteroatoms. The minimum Gasteiger partial charge on any atom is -0.450 e. The molecule has 1 N–H and O–H groups in total. The Kier molecular flexibility index (Phi) is 9.99. The van der Waals surface area contributed by atoms with Crippen molar-refractivity contribution in [1.29, 1.82) is 0 Å². The summed E-state index contributed by atoms with van der Waals surface area (Å²) in [7, 11) is 3.46. The van der Waals surface area contributed by atoms with E-state index in [1.54, 1.807) is 19.0 Å². The Bertz CT molecular complexity index is 543. The van der Waals surface area contributed by atoms with Crippen molar-refractivity contribution < 1.29 is 19.1 Å². The molecule has 0 aromatic carbocycles. The number of aliphatic imine (C=N–C) groups is 1. The first kappa shape index (κ1) is 23.2. The SMILES string of the molecule is CCOC(=O)N1CCN(C(=NCC(=O)N(C)C)NCCCN2CCOCC2)CC1. The lowest BCUT2D eigenvalue weighted by atomic mass is 10.3. The van der Waals surface area contributed by atoms with E-state index in [4.69, 9.17) is 9.47 Å². The molecule has 0 spiro atoms. The molecule has 0 bridgehead atoms. The number of guanidine groups is 1. The lowest BCUT2D eigenvalue weighted by Gasteiger charge is -2.36. The van der Waals surface area contributed by atoms with Gasteiger partial charge in [-0.25, -0.2) is 9.79 Å². The minimum atomic E-state index is -0.271. The normalized spacial score (nSPS) is 18.5. The average Bonchev–Trinajstić information content (AvgIpc) is 2.74. The van der Waals surface area contributed by atoms with Crippen molar-refractivity contribution in [3.8, 4) is 0 Å². The van der Waals surface area contributed by atoms with Crippen LogP contribution in [0.15, 0.2) is 4.99 Å². The molecule has 0 radical (unpaired) electrons. The lowest BCUT2D eigenvalue weighted by molar-refractivity contribution is -0.127. The molecule has 2 heterocycles. The molecule has 0 aromatic rings. The number of nitrogens with one attached hydrogen (secondary N) is 1. The van der Waals surface area contributed by atoms with Gasteiger partial charge in [0.25, 0.3) is 0 Å². The van der Waals surface area contributed by atoms with Gasteiger partial charge in [-0.1, -0.05) is 0 Å². The van der Waals surface area contributed by atoms with Crippen molar-refractivity contribution in [2.45, 2.75) is 13.3 Å². The number of piperazine rings is 1. The van der Waals surface area contributed by atoms with Crippen LogP contribution in [0.2, 0.25) is 0 Å². The topological polar surface area (TPSA) is 90.0 Å². The molecule has 10 nitrogen and oxygen atoms in total. The fourth-order valence-corrected chi connectivity index (χ4v) is 3.19. The Labute approximate surface area is 173 Å². The number of carbonyl (C=O) groups is 2. The van der Waals surface area contributed by atoms with Crippen LogP contribution in [0.3, 0.4) is 0 Å². The number of likely N-dealkylation sites (N-methyl/N-ethyl adjacent to an activating group) is 1. The molecule has 0 saturated carbocycles. The summed E-state index contributed by atoms with van der Waals surface area (Å²) in [6, 6.07) is 0. The fourth-order valence-electron chi connectivity index (χ4n) is 3.19. The summed E-state index contributed by atoms with van der Waals surface area (Å²) in [5.74, 6) is 0.688. The number of hydrogen-bond donors (Lipinski definition) is 1. The molecule has 2 fully saturated rings. The summed E-state index contributed by atoms with van der Waals surface area (Å²) in [5.41, 5.74) is 0. The Hall–Kier alpha value is -2.07. The van der Waals surface area contributed by atoms with Gasteiger partial charge >= 0.3 is 6.09 Å². The van der Waals surface area contributed by atoms with Gasteiger partial charge in [-0.2, -0.15) is 0 Å². The molecule has 0 aromatic heterocycles. The molecule has 2 amide bonds. The van der Waals surface area contributed by atoms with Gasteiger partial charge < -0.3 is 29.5 Å². The van der Waals surface area contributed by atoms with Crippen molar-refractivity contribution in [2.24, 2.45) is 4.99 Å². The lowest BCUT2D eigenvalue weighted by Crippen LogP contribution is -2.54. The number of morpholine rings is 1. The van der Waals surface area contributed by atoms with E-state index in [0.29, 0.717) is 32.8 Å². The third kappa shape index (κ3) is 8.06. The molecule has 0 aliphatic carbocycles. The molecule has 166 valence electrons. The summed E-state index contributed by atoms with van der Waals surface area (Å²) in [6.45, 7) is 10.1. The third-order valence-corrected chi connectivity index (χ3v) is 5.01. The van der Waals surface area contributed by atoms with Gasteiger partial charge in [-0.05, 0) is 19.9 Å². The molecule has 2 rings (SSSR count). The second-order valence-electron chi connectivity index (χ2n) is 7.34. The first-order chi connectivity index (χ1) is 14.0. The molecule has 2 aliphatic heterocycles. The molecular formula is C19H36N6O4. The van der Waals surface area contributed by atoms with Crippen LogP contribution in [0.1, 0.15) is 13.3 Å². The third-order valence-electron chi connectivity index (χ3n) is 5.01. The van der Waals surface area contributed by atoms with E-state index in [2.05, 4.69) is 20.1 Å². The zero-order valence-corrected chi connectivity index (χ0v) is 18.1. The van der Waals surface area contributed by atoms with Gasteiger partial charge in [-0.3, -0.25) is 9.69 Å². The average molecular weight is 413 g/mol. The monoisotopic (exact) mass is 412 g/mol. The second-order valence-corrected chi connectivity index (χ2v) is 7.34. The van der Waals surface area contributed by atoms with Crippen molar-refractivity contribution >= 4 is 18.0 Å². The van der Waals surface area contributed by atoms with Crippen LogP contribution in [0.5, 0.6) is 0 Å². The van der Waals surface area contributed by atoms with E-state index in [9.17, 15) is 9.59 Å². The number of rotatable bonds is 7. The molecule has 0 atom stereocenters. The van der Waals surface area contributed by atoms with Gasteiger partial charge in [0, 0.05) is 59.9 Å². The maximum absolute atomic E-state index is 12.0. The Morgan fingerprint density at radius 2 is 1.72 bits per heavy atom. The summed E-state index contributed by atoms with van der Waals surface area (Å²) in [5, 5.41) is 3.41. The van der Waals surface area contributed by atoms with Crippen molar-refractivity contribution in [2.75, 3.05) is 92.8 Å². The van der Waals surface area contributed by atoms with Crippen molar-refractivity contribution in [1.82, 2.24) is 24.9 Å². The highest BCUT2D eigenvalue weighted by atomic mass is 16.6. The fraction of sp³-hybridized carbons (Fsp3) is 0.842. The van der Waals surface area contributed by atoms with Crippen LogP contribution in [0.25, 0.3) is 0 Å². The highest BCUT2D eigenvalue weighted by molar-refractivity contribution is 5.85. The molecule has 0 unspecified atom stereocenters. The van der Waals surface area contributed by atoms with Crippen LogP contribution in [0, 0.1) is 0 Å². The van der Waals surface area contributed by atoms with Crippen molar-refractivity contribution in [3.05, 3.63) is 0 Å². The number of hydrogen-bond acceptors (Lipinski definition) is 6. The first-order valence-corrected chi connectivity index (χ1v) is 10.5. The highest BCUT2D eigenvalue weighted by Gasteiger charge is 2.24. The standard InChI is InChI=1S/C19H36N6O4/c1-4-29-19(27)25-10-8-24(9-11-25)18(21-16-17(26)22(2)3)20-6-5-7-23-12-14-28-15-13-23/h4-16H2,1-3H3,(H,20,21). The molecular weight excluding hydrogens is 376 g/mol. The van der Waals surface area contributed by atoms with Gasteiger partial charge in [0.15, 0.2) is 5.96 Å². The van der Waals surface area contributed by atoms with Gasteiger partial charge in [0.2, 0.25) is 5.91 Å². The van der Waals surface area contributed by atoms with E-state index in [1.807, 2.05) is 6.92 Å². The zero-order chi connectivity index (χ0) is 21.1. The Morgan fingerprint density at radius 1 is 1.07 bits per heavy atom. The van der Waals surface area contributed by atoms with E-state index in [0.717, 1.165) is 51.8 Å². The second kappa shape index (κ2) is 12.5. The smallest absolute Gasteiger partial charge is 0.409 e. The molecule has 29 heavy (non-hydrogen) atoms. The largest absolute Gasteiger partial charge is 0.450 e. The maximum atomic E-state index is 12.0. The number of carbonyl (C=O) groups excluding carboxylic acids is 2. The number of ether oxygens (including phenoxy) is 2. The number of amides is 2. The van der Waals surface area contributed by atoms with E-state index >= 15 is 0 Å². The van der Waals surface area contributed by atoms with E-state index < -0.39 is 0 Å². The molecule has 2 saturated heterocycles. The van der Waals surface area contributed by atoms with Crippen LogP contribution < -0.4 is 5.32 Å². The molecule has 2 aliphatic rings. The Balaban J connectivity index is 1.85. The number of nitrogens with zero attached hydrogens (tertiary/aromatic N) is 5. The summed E-state index contributed by atoms with van der Waals surface area (Å²) in [6.07, 6.45) is 0.718. The summed E-state index contributed by atoms with van der Waals surface area (Å²) >= 11 is 0. The summed E-state index contributed by atoms with van der Waals surface area (Å²) in [4.78, 5) is 36.1. The predicted octanol–water partition coefficient (Wildman–Crippen LogP) is -0.483. The first-order valence-electron chi connectivity index (χ1n) is 10.5. The van der Waals surface area contributed by atoms with Crippen LogP contribution in [-0.4, -0.2) is 130 Å². The van der Waals surface area contributed by atoms with Crippen LogP contribution in [-0.2, 0) is 14.3 Å². The van der Waals surface area contributed by atoms with Gasteiger partial charge in [-0.15, -0.1) is 0 Å². The summed E-state index contributed by atoms with van der Waals surface area (Å²) < 4.78 is 10.5. The van der Waals surface area contributed by atoms with Gasteiger partial charge in [0.05, 0.1) is 19.8 Å². The Morgan fingerprint density at radius 3 is 2.34 bits per heavy atom.